The summed E-state index contributed by atoms with van der Waals surface area (Å²) >= 11 is 0. The summed E-state index contributed by atoms with van der Waals surface area (Å²) < 4.78 is 0. The summed E-state index contributed by atoms with van der Waals surface area (Å²) in [6.45, 7) is 4.95. The highest BCUT2D eigenvalue weighted by atomic mass is 15.2. The zero-order chi connectivity index (χ0) is 12.1. The fourth-order valence-electron chi connectivity index (χ4n) is 3.23. The van der Waals surface area contributed by atoms with Gasteiger partial charge in [0.1, 0.15) is 0 Å². The maximum absolute atomic E-state index is 3.42. The molecule has 98 valence electrons. The van der Waals surface area contributed by atoms with Gasteiger partial charge in [-0.3, -0.25) is 0 Å². The van der Waals surface area contributed by atoms with E-state index < -0.39 is 0 Å². The Morgan fingerprint density at radius 3 is 2.94 bits per heavy atom. The normalized spacial score (nSPS) is 31.3. The van der Waals surface area contributed by atoms with Gasteiger partial charge in [0.2, 0.25) is 0 Å². The van der Waals surface area contributed by atoms with Gasteiger partial charge in [-0.2, -0.15) is 0 Å². The van der Waals surface area contributed by atoms with Crippen molar-refractivity contribution in [2.45, 2.75) is 64.0 Å². The standard InChI is InChI=1S/C15H28N2/c1-13-12-15(16-2)9-11-17(13)10-8-14-6-4-3-5-7-14/h6,13,15-16H,3-5,7-12H2,1-2H3. The molecule has 0 radical (unpaired) electrons. The molecule has 0 aromatic carbocycles. The Labute approximate surface area is 106 Å². The predicted octanol–water partition coefficient (Wildman–Crippen LogP) is 2.95. The van der Waals surface area contributed by atoms with Crippen molar-refractivity contribution in [1.82, 2.24) is 10.2 Å². The Balaban J connectivity index is 1.74. The van der Waals surface area contributed by atoms with Crippen molar-refractivity contribution >= 4 is 0 Å². The van der Waals surface area contributed by atoms with E-state index in [1.165, 1.54) is 58.0 Å². The smallest absolute Gasteiger partial charge is 0.00910 e. The van der Waals surface area contributed by atoms with Gasteiger partial charge in [-0.05, 0) is 65.5 Å². The van der Waals surface area contributed by atoms with Gasteiger partial charge >= 0.3 is 0 Å². The molecular weight excluding hydrogens is 208 g/mol. The number of likely N-dealkylation sites (tertiary alicyclic amines) is 1. The average Bonchev–Trinajstić information content (AvgIpc) is 2.38. The van der Waals surface area contributed by atoms with Gasteiger partial charge in [0, 0.05) is 18.6 Å². The first-order valence-corrected chi connectivity index (χ1v) is 7.39. The first kappa shape index (κ1) is 13.1. The molecule has 1 N–H and O–H groups in total. The zero-order valence-electron chi connectivity index (χ0n) is 11.5. The van der Waals surface area contributed by atoms with Gasteiger partial charge in [-0.15, -0.1) is 0 Å². The summed E-state index contributed by atoms with van der Waals surface area (Å²) in [5, 5.41) is 3.42. The molecule has 2 nitrogen and oxygen atoms in total. The van der Waals surface area contributed by atoms with Crippen molar-refractivity contribution in [2.24, 2.45) is 0 Å². The fourth-order valence-corrected chi connectivity index (χ4v) is 3.23. The molecule has 1 saturated heterocycles. The maximum Gasteiger partial charge on any atom is 0.00910 e. The molecule has 1 aliphatic carbocycles. The molecule has 1 fully saturated rings. The highest BCUT2D eigenvalue weighted by Gasteiger charge is 2.24. The second kappa shape index (κ2) is 6.55. The van der Waals surface area contributed by atoms with E-state index in [1.807, 2.05) is 0 Å². The van der Waals surface area contributed by atoms with Gasteiger partial charge in [0.05, 0.1) is 0 Å². The lowest BCUT2D eigenvalue weighted by atomic mass is 9.95. The topological polar surface area (TPSA) is 15.3 Å². The minimum absolute atomic E-state index is 0.746. The lowest BCUT2D eigenvalue weighted by Gasteiger charge is -2.37. The molecule has 2 atom stereocenters. The first-order chi connectivity index (χ1) is 8.29. The second-order valence-corrected chi connectivity index (χ2v) is 5.75. The van der Waals surface area contributed by atoms with Crippen molar-refractivity contribution in [3.05, 3.63) is 11.6 Å². The van der Waals surface area contributed by atoms with E-state index in [4.69, 9.17) is 0 Å². The highest BCUT2D eigenvalue weighted by molar-refractivity contribution is 5.05. The number of rotatable bonds is 4. The van der Waals surface area contributed by atoms with Crippen molar-refractivity contribution in [1.29, 1.82) is 0 Å². The molecule has 0 amide bonds. The molecule has 1 aliphatic heterocycles. The zero-order valence-corrected chi connectivity index (χ0v) is 11.5. The molecule has 0 spiro atoms. The largest absolute Gasteiger partial charge is 0.317 e. The van der Waals surface area contributed by atoms with Crippen LogP contribution in [0, 0.1) is 0 Å². The van der Waals surface area contributed by atoms with E-state index in [0.717, 1.165) is 12.1 Å². The molecule has 2 unspecified atom stereocenters. The summed E-state index contributed by atoms with van der Waals surface area (Å²) in [5.74, 6) is 0. The quantitative estimate of drug-likeness (QED) is 0.755. The van der Waals surface area contributed by atoms with Crippen LogP contribution in [0.5, 0.6) is 0 Å². The van der Waals surface area contributed by atoms with Crippen molar-refractivity contribution in [2.75, 3.05) is 20.1 Å². The van der Waals surface area contributed by atoms with Gasteiger partial charge in [-0.25, -0.2) is 0 Å². The summed E-state index contributed by atoms with van der Waals surface area (Å²) in [4.78, 5) is 2.68. The van der Waals surface area contributed by atoms with Crippen LogP contribution in [-0.4, -0.2) is 37.1 Å². The van der Waals surface area contributed by atoms with Crippen LogP contribution >= 0.6 is 0 Å². The Bertz CT molecular complexity index is 260. The number of hydrogen-bond acceptors (Lipinski definition) is 2. The first-order valence-electron chi connectivity index (χ1n) is 7.39. The number of nitrogens with zero attached hydrogens (tertiary/aromatic N) is 1. The van der Waals surface area contributed by atoms with Crippen LogP contribution in [0.1, 0.15) is 51.9 Å². The maximum atomic E-state index is 3.42. The van der Waals surface area contributed by atoms with Crippen molar-refractivity contribution < 1.29 is 0 Å². The van der Waals surface area contributed by atoms with Crippen molar-refractivity contribution in [3.63, 3.8) is 0 Å². The van der Waals surface area contributed by atoms with Crippen LogP contribution in [0.3, 0.4) is 0 Å². The van der Waals surface area contributed by atoms with Crippen molar-refractivity contribution in [3.8, 4) is 0 Å². The third kappa shape index (κ3) is 3.82. The fraction of sp³-hybridized carbons (Fsp3) is 0.867. The summed E-state index contributed by atoms with van der Waals surface area (Å²) in [5.41, 5.74) is 1.72. The number of nitrogens with one attached hydrogen (secondary N) is 1. The summed E-state index contributed by atoms with van der Waals surface area (Å²) in [6.07, 6.45) is 12.0. The molecular formula is C15H28N2. The van der Waals surface area contributed by atoms with Gasteiger partial charge in [0.25, 0.3) is 0 Å². The minimum atomic E-state index is 0.746. The Morgan fingerprint density at radius 1 is 1.41 bits per heavy atom. The van der Waals surface area contributed by atoms with E-state index in [0.29, 0.717) is 0 Å². The molecule has 1 heterocycles. The van der Waals surface area contributed by atoms with Gasteiger partial charge in [0.15, 0.2) is 0 Å². The minimum Gasteiger partial charge on any atom is -0.317 e. The van der Waals surface area contributed by atoms with E-state index in [2.05, 4.69) is 30.3 Å². The molecule has 17 heavy (non-hydrogen) atoms. The van der Waals surface area contributed by atoms with Gasteiger partial charge in [-0.1, -0.05) is 11.6 Å². The SMILES string of the molecule is CNC1CCN(CCC2=CCCCC2)C(C)C1. The molecule has 0 bridgehead atoms. The van der Waals surface area contributed by atoms with Crippen LogP contribution in [0.2, 0.25) is 0 Å². The van der Waals surface area contributed by atoms with E-state index in [-0.39, 0.29) is 0 Å². The van der Waals surface area contributed by atoms with E-state index >= 15 is 0 Å². The number of allylic oxidation sites excluding steroid dienone is 1. The van der Waals surface area contributed by atoms with Crippen LogP contribution in [0.25, 0.3) is 0 Å². The number of hydrogen-bond donors (Lipinski definition) is 1. The molecule has 0 saturated carbocycles. The van der Waals surface area contributed by atoms with E-state index in [1.54, 1.807) is 5.57 Å². The predicted molar refractivity (Wildman–Crippen MR) is 74.3 cm³/mol. The third-order valence-corrected chi connectivity index (χ3v) is 4.53. The number of piperidine rings is 1. The molecule has 0 aromatic rings. The lowest BCUT2D eigenvalue weighted by molar-refractivity contribution is 0.140. The third-order valence-electron chi connectivity index (χ3n) is 4.53. The summed E-state index contributed by atoms with van der Waals surface area (Å²) in [7, 11) is 2.10. The van der Waals surface area contributed by atoms with Gasteiger partial charge < -0.3 is 10.2 Å². The van der Waals surface area contributed by atoms with Crippen LogP contribution < -0.4 is 5.32 Å². The van der Waals surface area contributed by atoms with Crippen LogP contribution in [0.4, 0.5) is 0 Å². The Morgan fingerprint density at radius 2 is 2.29 bits per heavy atom. The Hall–Kier alpha value is -0.340. The highest BCUT2D eigenvalue weighted by Crippen LogP contribution is 2.23. The van der Waals surface area contributed by atoms with Crippen LogP contribution in [0.15, 0.2) is 11.6 Å². The molecule has 2 rings (SSSR count). The summed E-state index contributed by atoms with van der Waals surface area (Å²) in [6, 6.07) is 1.50. The average molecular weight is 236 g/mol. The second-order valence-electron chi connectivity index (χ2n) is 5.75. The van der Waals surface area contributed by atoms with Crippen LogP contribution in [-0.2, 0) is 0 Å². The Kier molecular flexibility index (Phi) is 5.05. The monoisotopic (exact) mass is 236 g/mol. The van der Waals surface area contributed by atoms with E-state index in [9.17, 15) is 0 Å². The molecule has 2 heteroatoms. The molecule has 0 aromatic heterocycles. The lowest BCUT2D eigenvalue weighted by Crippen LogP contribution is -2.46. The molecule has 2 aliphatic rings.